The molecule has 1 N–H and O–H groups in total. The van der Waals surface area contributed by atoms with Crippen molar-refractivity contribution >= 4 is 11.0 Å². The number of pyridine rings is 1. The number of piperidine rings is 1. The standard InChI is InChI=1S/C24H26FN5O3/c25-19-1-2-20-24-18(19)10-17(14-30(24)23(31)13-28-20)29-5-3-15(4-6-29)26-11-16-9-21-22(12-27-16)33-8-7-32-21/h1-2,9,12-13,15,17,26H,3-8,10-11,14H2/t17-/m0/s1. The van der Waals surface area contributed by atoms with Crippen molar-refractivity contribution in [1.29, 1.82) is 0 Å². The van der Waals surface area contributed by atoms with Crippen molar-refractivity contribution < 1.29 is 13.9 Å². The molecule has 172 valence electrons. The lowest BCUT2D eigenvalue weighted by atomic mass is 9.95. The Morgan fingerprint density at radius 3 is 2.76 bits per heavy atom. The van der Waals surface area contributed by atoms with Crippen molar-refractivity contribution in [2.75, 3.05) is 26.3 Å². The largest absolute Gasteiger partial charge is 0.486 e. The number of ether oxygens (including phenoxy) is 2. The van der Waals surface area contributed by atoms with Crippen LogP contribution >= 0.6 is 0 Å². The van der Waals surface area contributed by atoms with Gasteiger partial charge in [0.25, 0.3) is 5.56 Å². The maximum atomic E-state index is 14.6. The molecule has 0 saturated carbocycles. The molecule has 1 aromatic carbocycles. The molecule has 33 heavy (non-hydrogen) atoms. The summed E-state index contributed by atoms with van der Waals surface area (Å²) in [5.74, 6) is 1.21. The van der Waals surface area contributed by atoms with Crippen LogP contribution in [0.15, 0.2) is 35.4 Å². The molecule has 6 rings (SSSR count). The van der Waals surface area contributed by atoms with Crippen LogP contribution in [0.2, 0.25) is 0 Å². The number of likely N-dealkylation sites (tertiary alicyclic amines) is 1. The summed E-state index contributed by atoms with van der Waals surface area (Å²) in [6, 6.07) is 5.55. The molecule has 0 bridgehead atoms. The maximum absolute atomic E-state index is 14.6. The molecule has 8 nitrogen and oxygen atoms in total. The van der Waals surface area contributed by atoms with Gasteiger partial charge in [-0.1, -0.05) is 0 Å². The molecule has 3 aliphatic rings. The van der Waals surface area contributed by atoms with Crippen LogP contribution in [0.3, 0.4) is 0 Å². The Kier molecular flexibility index (Phi) is 5.22. The van der Waals surface area contributed by atoms with Gasteiger partial charge in [-0.05, 0) is 44.5 Å². The summed E-state index contributed by atoms with van der Waals surface area (Å²) in [4.78, 5) is 23.5. The van der Waals surface area contributed by atoms with Gasteiger partial charge in [0, 0.05) is 36.8 Å². The minimum absolute atomic E-state index is 0.109. The lowest BCUT2D eigenvalue weighted by Gasteiger charge is -2.40. The van der Waals surface area contributed by atoms with Crippen LogP contribution in [0, 0.1) is 5.82 Å². The zero-order valence-electron chi connectivity index (χ0n) is 18.3. The Hall–Kier alpha value is -3.04. The lowest BCUT2D eigenvalue weighted by molar-refractivity contribution is 0.126. The number of hydrogen-bond donors (Lipinski definition) is 1. The van der Waals surface area contributed by atoms with E-state index in [1.165, 1.54) is 12.3 Å². The predicted molar refractivity (Wildman–Crippen MR) is 120 cm³/mol. The topological polar surface area (TPSA) is 81.5 Å². The normalized spacial score (nSPS) is 20.8. The smallest absolute Gasteiger partial charge is 0.269 e. The summed E-state index contributed by atoms with van der Waals surface area (Å²) >= 11 is 0. The van der Waals surface area contributed by atoms with Gasteiger partial charge in [0.2, 0.25) is 0 Å². The van der Waals surface area contributed by atoms with E-state index >= 15 is 0 Å². The highest BCUT2D eigenvalue weighted by molar-refractivity contribution is 5.79. The second-order valence-electron chi connectivity index (χ2n) is 8.97. The molecule has 1 fully saturated rings. The van der Waals surface area contributed by atoms with Crippen LogP contribution in [-0.4, -0.2) is 57.8 Å². The monoisotopic (exact) mass is 451 g/mol. The van der Waals surface area contributed by atoms with Crippen LogP contribution in [0.25, 0.3) is 11.0 Å². The third-order valence-corrected chi connectivity index (χ3v) is 6.99. The molecule has 2 aromatic heterocycles. The molecular formula is C24H26FN5O3. The number of nitrogens with zero attached hydrogens (tertiary/aromatic N) is 4. The SMILES string of the molecule is O=c1cnc2ccc(F)c3c2n1C[C@@H](N1CCC(NCc2cc4c(cn2)OCCO4)CC1)C3. The number of rotatable bonds is 4. The third kappa shape index (κ3) is 3.85. The molecule has 0 unspecified atom stereocenters. The first kappa shape index (κ1) is 20.6. The molecule has 0 amide bonds. The average Bonchev–Trinajstić information content (AvgIpc) is 2.86. The summed E-state index contributed by atoms with van der Waals surface area (Å²) in [6.45, 7) is 4.19. The molecule has 0 spiro atoms. The lowest BCUT2D eigenvalue weighted by Crippen LogP contribution is -2.50. The van der Waals surface area contributed by atoms with Crippen LogP contribution in [-0.2, 0) is 19.5 Å². The van der Waals surface area contributed by atoms with E-state index in [0.717, 1.165) is 37.4 Å². The van der Waals surface area contributed by atoms with Crippen molar-refractivity contribution in [3.8, 4) is 11.5 Å². The van der Waals surface area contributed by atoms with Gasteiger partial charge in [-0.15, -0.1) is 0 Å². The van der Waals surface area contributed by atoms with Gasteiger partial charge in [-0.2, -0.15) is 0 Å². The molecule has 9 heteroatoms. The van der Waals surface area contributed by atoms with E-state index in [1.807, 2.05) is 6.07 Å². The van der Waals surface area contributed by atoms with Crippen molar-refractivity contribution in [3.05, 3.63) is 58.0 Å². The van der Waals surface area contributed by atoms with Crippen LogP contribution in [0.5, 0.6) is 11.5 Å². The summed E-state index contributed by atoms with van der Waals surface area (Å²) in [7, 11) is 0. The molecule has 1 saturated heterocycles. The van der Waals surface area contributed by atoms with Crippen molar-refractivity contribution in [3.63, 3.8) is 0 Å². The Balaban J connectivity index is 1.09. The summed E-state index contributed by atoms with van der Waals surface area (Å²) in [5.41, 5.74) is 2.71. The van der Waals surface area contributed by atoms with Crippen LogP contribution in [0.4, 0.5) is 4.39 Å². The quantitative estimate of drug-likeness (QED) is 0.649. The van der Waals surface area contributed by atoms with E-state index in [4.69, 9.17) is 9.47 Å². The average molecular weight is 452 g/mol. The second kappa shape index (κ2) is 8.39. The highest BCUT2D eigenvalue weighted by Gasteiger charge is 2.31. The van der Waals surface area contributed by atoms with Crippen molar-refractivity contribution in [2.45, 2.75) is 44.4 Å². The summed E-state index contributed by atoms with van der Waals surface area (Å²) in [5, 5.41) is 3.61. The van der Waals surface area contributed by atoms with Crippen LogP contribution < -0.4 is 20.3 Å². The second-order valence-corrected chi connectivity index (χ2v) is 8.97. The third-order valence-electron chi connectivity index (χ3n) is 6.99. The highest BCUT2D eigenvalue weighted by atomic mass is 19.1. The summed E-state index contributed by atoms with van der Waals surface area (Å²) < 4.78 is 27.5. The predicted octanol–water partition coefficient (Wildman–Crippen LogP) is 1.88. The molecule has 1 atom stereocenters. The minimum atomic E-state index is -0.253. The number of aromatic nitrogens is 3. The van der Waals surface area contributed by atoms with Gasteiger partial charge in [-0.3, -0.25) is 14.7 Å². The first-order valence-electron chi connectivity index (χ1n) is 11.5. The minimum Gasteiger partial charge on any atom is -0.486 e. The number of hydrogen-bond acceptors (Lipinski definition) is 7. The molecule has 0 radical (unpaired) electrons. The number of benzene rings is 1. The van der Waals surface area contributed by atoms with Gasteiger partial charge < -0.3 is 19.4 Å². The number of fused-ring (bicyclic) bond motifs is 1. The Labute approximate surface area is 190 Å². The molecule has 0 aliphatic carbocycles. The van der Waals surface area contributed by atoms with E-state index in [0.29, 0.717) is 61.1 Å². The fraction of sp³-hybridized carbons (Fsp3) is 0.458. The number of nitrogens with one attached hydrogen (secondary N) is 1. The fourth-order valence-electron chi connectivity index (χ4n) is 5.24. The molecule has 3 aliphatic heterocycles. The number of halogens is 1. The van der Waals surface area contributed by atoms with Crippen molar-refractivity contribution in [1.82, 2.24) is 24.8 Å². The fourth-order valence-corrected chi connectivity index (χ4v) is 5.24. The van der Waals surface area contributed by atoms with E-state index in [-0.39, 0.29) is 17.4 Å². The highest BCUT2D eigenvalue weighted by Crippen LogP contribution is 2.30. The van der Waals surface area contributed by atoms with E-state index in [1.54, 1.807) is 16.8 Å². The van der Waals surface area contributed by atoms with Crippen molar-refractivity contribution in [2.24, 2.45) is 0 Å². The first-order valence-corrected chi connectivity index (χ1v) is 11.5. The van der Waals surface area contributed by atoms with Gasteiger partial charge in [0.05, 0.1) is 29.1 Å². The van der Waals surface area contributed by atoms with Crippen LogP contribution in [0.1, 0.15) is 24.1 Å². The van der Waals surface area contributed by atoms with Gasteiger partial charge in [-0.25, -0.2) is 9.37 Å². The van der Waals surface area contributed by atoms with Gasteiger partial charge >= 0.3 is 0 Å². The molecule has 3 aromatic rings. The Morgan fingerprint density at radius 1 is 1.09 bits per heavy atom. The zero-order valence-corrected chi connectivity index (χ0v) is 18.3. The Morgan fingerprint density at radius 2 is 1.91 bits per heavy atom. The van der Waals surface area contributed by atoms with Gasteiger partial charge in [0.15, 0.2) is 11.5 Å². The Bertz CT molecular complexity index is 1250. The zero-order chi connectivity index (χ0) is 22.4. The van der Waals surface area contributed by atoms with E-state index < -0.39 is 0 Å². The molecular weight excluding hydrogens is 425 g/mol. The first-order chi connectivity index (χ1) is 16.2. The maximum Gasteiger partial charge on any atom is 0.269 e. The van der Waals surface area contributed by atoms with E-state index in [2.05, 4.69) is 20.2 Å². The van der Waals surface area contributed by atoms with Gasteiger partial charge in [0.1, 0.15) is 19.0 Å². The summed E-state index contributed by atoms with van der Waals surface area (Å²) in [6.07, 6.45) is 5.66. The van der Waals surface area contributed by atoms with E-state index in [9.17, 15) is 9.18 Å². The molecule has 5 heterocycles.